The van der Waals surface area contributed by atoms with Crippen molar-refractivity contribution in [1.82, 2.24) is 4.90 Å². The van der Waals surface area contributed by atoms with Crippen molar-refractivity contribution in [2.45, 2.75) is 37.8 Å². The third kappa shape index (κ3) is 3.04. The second-order valence-corrected chi connectivity index (χ2v) is 7.17. The van der Waals surface area contributed by atoms with E-state index in [0.29, 0.717) is 18.6 Å². The van der Waals surface area contributed by atoms with Crippen molar-refractivity contribution in [2.24, 2.45) is 5.73 Å². The van der Waals surface area contributed by atoms with E-state index < -0.39 is 0 Å². The maximum absolute atomic E-state index is 6.11. The second-order valence-electron chi connectivity index (χ2n) is 4.63. The molecular formula is C12H18BrClN2S. The van der Waals surface area contributed by atoms with Gasteiger partial charge in [-0.2, -0.15) is 0 Å². The highest BCUT2D eigenvalue weighted by atomic mass is 79.9. The fourth-order valence-electron chi connectivity index (χ4n) is 2.58. The Hall–Kier alpha value is 0.390. The van der Waals surface area contributed by atoms with Gasteiger partial charge >= 0.3 is 0 Å². The van der Waals surface area contributed by atoms with E-state index in [1.807, 2.05) is 0 Å². The Kier molecular flexibility index (Phi) is 4.89. The van der Waals surface area contributed by atoms with Crippen LogP contribution in [-0.4, -0.2) is 24.5 Å². The average molecular weight is 338 g/mol. The highest BCUT2D eigenvalue weighted by Gasteiger charge is 2.27. The molecule has 0 aromatic carbocycles. The Morgan fingerprint density at radius 3 is 2.71 bits per heavy atom. The van der Waals surface area contributed by atoms with Crippen molar-refractivity contribution in [3.05, 3.63) is 19.8 Å². The van der Waals surface area contributed by atoms with Crippen LogP contribution in [0.2, 0.25) is 4.34 Å². The lowest BCUT2D eigenvalue weighted by molar-refractivity contribution is 0.182. The molecule has 17 heavy (non-hydrogen) atoms. The molecule has 2 N–H and O–H groups in total. The third-order valence-electron chi connectivity index (χ3n) is 3.61. The lowest BCUT2D eigenvalue weighted by Crippen LogP contribution is -2.36. The Bertz CT molecular complexity index is 357. The first-order valence-electron chi connectivity index (χ1n) is 6.00. The van der Waals surface area contributed by atoms with Gasteiger partial charge in [0.05, 0.1) is 6.04 Å². The van der Waals surface area contributed by atoms with E-state index in [1.54, 1.807) is 11.3 Å². The van der Waals surface area contributed by atoms with Gasteiger partial charge in [-0.1, -0.05) is 24.4 Å². The normalized spacial score (nSPS) is 19.1. The van der Waals surface area contributed by atoms with Gasteiger partial charge in [0.2, 0.25) is 0 Å². The molecule has 96 valence electrons. The quantitative estimate of drug-likeness (QED) is 0.898. The van der Waals surface area contributed by atoms with E-state index in [0.717, 1.165) is 8.81 Å². The number of rotatable bonds is 4. The molecular weight excluding hydrogens is 320 g/mol. The van der Waals surface area contributed by atoms with Crippen LogP contribution < -0.4 is 5.73 Å². The zero-order chi connectivity index (χ0) is 12.4. The highest BCUT2D eigenvalue weighted by molar-refractivity contribution is 9.10. The molecule has 1 atom stereocenters. The molecule has 2 nitrogen and oxygen atoms in total. The van der Waals surface area contributed by atoms with Crippen molar-refractivity contribution in [3.63, 3.8) is 0 Å². The molecule has 5 heteroatoms. The molecule has 0 saturated heterocycles. The average Bonchev–Trinajstić information content (AvgIpc) is 2.91. The molecule has 1 aromatic rings. The van der Waals surface area contributed by atoms with Crippen molar-refractivity contribution in [2.75, 3.05) is 13.6 Å². The lowest BCUT2D eigenvalue weighted by atomic mass is 10.1. The fraction of sp³-hybridized carbons (Fsp3) is 0.667. The van der Waals surface area contributed by atoms with E-state index in [1.165, 1.54) is 30.6 Å². The summed E-state index contributed by atoms with van der Waals surface area (Å²) in [6.07, 6.45) is 5.29. The van der Waals surface area contributed by atoms with Crippen LogP contribution >= 0.6 is 38.9 Å². The molecule has 1 aliphatic carbocycles. The molecule has 2 rings (SSSR count). The van der Waals surface area contributed by atoms with Crippen molar-refractivity contribution in [3.8, 4) is 0 Å². The Labute approximate surface area is 120 Å². The van der Waals surface area contributed by atoms with Crippen LogP contribution in [0.4, 0.5) is 0 Å². The van der Waals surface area contributed by atoms with Crippen molar-refractivity contribution >= 4 is 38.9 Å². The van der Waals surface area contributed by atoms with Gasteiger partial charge in [-0.3, -0.25) is 4.90 Å². The van der Waals surface area contributed by atoms with Gasteiger partial charge in [-0.25, -0.2) is 0 Å². The Balaban J connectivity index is 2.14. The second kappa shape index (κ2) is 6.02. The molecule has 1 aromatic heterocycles. The summed E-state index contributed by atoms with van der Waals surface area (Å²) in [5, 5.41) is 0. The summed E-state index contributed by atoms with van der Waals surface area (Å²) in [5.74, 6) is 0. The minimum atomic E-state index is 0.298. The smallest absolute Gasteiger partial charge is 0.107 e. The fourth-order valence-corrected chi connectivity index (χ4v) is 4.48. The van der Waals surface area contributed by atoms with Crippen molar-refractivity contribution < 1.29 is 0 Å². The lowest BCUT2D eigenvalue weighted by Gasteiger charge is -2.31. The summed E-state index contributed by atoms with van der Waals surface area (Å²) in [4.78, 5) is 3.69. The number of halogens is 2. The summed E-state index contributed by atoms with van der Waals surface area (Å²) in [5.41, 5.74) is 5.94. The number of hydrogen-bond donors (Lipinski definition) is 1. The van der Waals surface area contributed by atoms with Gasteiger partial charge in [0.25, 0.3) is 0 Å². The molecule has 0 bridgehead atoms. The molecule has 0 radical (unpaired) electrons. The van der Waals surface area contributed by atoms with E-state index in [-0.39, 0.29) is 0 Å². The number of likely N-dealkylation sites (N-methyl/N-ethyl adjacent to an activating group) is 1. The predicted octanol–water partition coefficient (Wildman–Crippen LogP) is 4.04. The van der Waals surface area contributed by atoms with Crippen LogP contribution in [0.5, 0.6) is 0 Å². The first-order chi connectivity index (χ1) is 8.13. The first-order valence-corrected chi connectivity index (χ1v) is 7.99. The number of nitrogens with zero attached hydrogens (tertiary/aromatic N) is 1. The zero-order valence-electron chi connectivity index (χ0n) is 9.96. The van der Waals surface area contributed by atoms with Crippen LogP contribution in [0.25, 0.3) is 0 Å². The van der Waals surface area contributed by atoms with E-state index >= 15 is 0 Å². The van der Waals surface area contributed by atoms with Crippen LogP contribution in [0.1, 0.15) is 36.6 Å². The maximum atomic E-state index is 6.11. The van der Waals surface area contributed by atoms with Gasteiger partial charge in [-0.15, -0.1) is 11.3 Å². The molecule has 1 aliphatic rings. The number of hydrogen-bond acceptors (Lipinski definition) is 3. The monoisotopic (exact) mass is 336 g/mol. The Morgan fingerprint density at radius 2 is 2.24 bits per heavy atom. The van der Waals surface area contributed by atoms with Crippen LogP contribution in [0.15, 0.2) is 10.5 Å². The minimum Gasteiger partial charge on any atom is -0.329 e. The molecule has 1 heterocycles. The van der Waals surface area contributed by atoms with E-state index in [2.05, 4.69) is 33.9 Å². The third-order valence-corrected chi connectivity index (χ3v) is 6.18. The first kappa shape index (κ1) is 13.8. The summed E-state index contributed by atoms with van der Waals surface area (Å²) < 4.78 is 1.80. The van der Waals surface area contributed by atoms with Gasteiger partial charge in [0.1, 0.15) is 4.34 Å². The summed E-state index contributed by atoms with van der Waals surface area (Å²) in [6.45, 7) is 0.649. The number of nitrogens with two attached hydrogens (primary N) is 1. The van der Waals surface area contributed by atoms with E-state index in [9.17, 15) is 0 Å². The topological polar surface area (TPSA) is 29.3 Å². The zero-order valence-corrected chi connectivity index (χ0v) is 13.1. The largest absolute Gasteiger partial charge is 0.329 e. The maximum Gasteiger partial charge on any atom is 0.107 e. The van der Waals surface area contributed by atoms with E-state index in [4.69, 9.17) is 17.3 Å². The predicted molar refractivity (Wildman–Crippen MR) is 78.8 cm³/mol. The minimum absolute atomic E-state index is 0.298. The van der Waals surface area contributed by atoms with Gasteiger partial charge < -0.3 is 5.73 Å². The molecule has 1 saturated carbocycles. The van der Waals surface area contributed by atoms with Crippen molar-refractivity contribution in [1.29, 1.82) is 0 Å². The van der Waals surface area contributed by atoms with Gasteiger partial charge in [0, 0.05) is 21.9 Å². The van der Waals surface area contributed by atoms with Gasteiger partial charge in [-0.05, 0) is 41.9 Å². The van der Waals surface area contributed by atoms with Crippen LogP contribution in [0.3, 0.4) is 0 Å². The summed E-state index contributed by atoms with van der Waals surface area (Å²) in [7, 11) is 2.19. The molecule has 0 amide bonds. The van der Waals surface area contributed by atoms with Gasteiger partial charge in [0.15, 0.2) is 0 Å². The molecule has 1 unspecified atom stereocenters. The highest BCUT2D eigenvalue weighted by Crippen LogP contribution is 2.38. The number of thiophene rings is 1. The summed E-state index contributed by atoms with van der Waals surface area (Å²) in [6, 6.07) is 3.09. The van der Waals surface area contributed by atoms with Crippen LogP contribution in [-0.2, 0) is 0 Å². The SMILES string of the molecule is CN(C1CCCC1)C(CN)c1cc(Br)c(Cl)s1. The Morgan fingerprint density at radius 1 is 1.59 bits per heavy atom. The molecule has 1 fully saturated rings. The molecule has 0 spiro atoms. The standard InChI is InChI=1S/C12H18BrClN2S/c1-16(8-4-2-3-5-8)10(7-15)11-6-9(13)12(14)17-11/h6,8,10H,2-5,7,15H2,1H3. The summed E-state index contributed by atoms with van der Waals surface area (Å²) >= 11 is 11.2. The van der Waals surface area contributed by atoms with Crippen LogP contribution in [0, 0.1) is 0 Å². The molecule has 0 aliphatic heterocycles.